The number of anilines is 3. The molecule has 3 aromatic rings. The maximum absolute atomic E-state index is 12.4. The number of nitrogens with zero attached hydrogens (tertiary/aromatic N) is 3. The summed E-state index contributed by atoms with van der Waals surface area (Å²) < 4.78 is 0. The van der Waals surface area contributed by atoms with Crippen molar-refractivity contribution < 1.29 is 4.79 Å². The molecule has 0 atom stereocenters. The number of benzene rings is 2. The quantitative estimate of drug-likeness (QED) is 0.714. The van der Waals surface area contributed by atoms with Gasteiger partial charge in [-0.05, 0) is 30.3 Å². The van der Waals surface area contributed by atoms with Gasteiger partial charge >= 0.3 is 0 Å². The zero-order valence-electron chi connectivity index (χ0n) is 13.3. The molecule has 7 heteroatoms. The second kappa shape index (κ2) is 7.51. The van der Waals surface area contributed by atoms with Crippen molar-refractivity contribution in [1.29, 1.82) is 0 Å². The van der Waals surface area contributed by atoms with Crippen molar-refractivity contribution in [3.63, 3.8) is 0 Å². The number of nitrogens with one attached hydrogen (secondary N) is 1. The van der Waals surface area contributed by atoms with E-state index in [0.29, 0.717) is 21.6 Å². The molecule has 126 valence electrons. The summed E-state index contributed by atoms with van der Waals surface area (Å²) in [7, 11) is 1.87. The van der Waals surface area contributed by atoms with Gasteiger partial charge in [0.15, 0.2) is 0 Å². The van der Waals surface area contributed by atoms with E-state index >= 15 is 0 Å². The molecular formula is C18H14Cl2N4O. The number of carbonyl (C=O) groups is 1. The van der Waals surface area contributed by atoms with E-state index in [1.54, 1.807) is 24.3 Å². The Kier molecular flexibility index (Phi) is 5.16. The van der Waals surface area contributed by atoms with Gasteiger partial charge in [0.1, 0.15) is 17.8 Å². The van der Waals surface area contributed by atoms with E-state index in [1.165, 1.54) is 6.33 Å². The van der Waals surface area contributed by atoms with E-state index < -0.39 is 0 Å². The second-order valence-electron chi connectivity index (χ2n) is 5.24. The summed E-state index contributed by atoms with van der Waals surface area (Å²) in [6.07, 6.45) is 1.36. The Bertz CT molecular complexity index is 903. The summed E-state index contributed by atoms with van der Waals surface area (Å²) in [5.41, 5.74) is 1.74. The highest BCUT2D eigenvalue weighted by Gasteiger charge is 2.12. The molecule has 1 N–H and O–H groups in total. The fraction of sp³-hybridized carbons (Fsp3) is 0.0556. The molecular weight excluding hydrogens is 359 g/mol. The van der Waals surface area contributed by atoms with Crippen molar-refractivity contribution in [1.82, 2.24) is 9.97 Å². The monoisotopic (exact) mass is 372 g/mol. The third-order valence-corrected chi connectivity index (χ3v) is 4.29. The average Bonchev–Trinajstić information content (AvgIpc) is 2.65. The second-order valence-corrected chi connectivity index (χ2v) is 6.05. The van der Waals surface area contributed by atoms with Gasteiger partial charge in [0.05, 0.1) is 10.0 Å². The van der Waals surface area contributed by atoms with Crippen molar-refractivity contribution in [2.24, 2.45) is 0 Å². The van der Waals surface area contributed by atoms with Crippen LogP contribution in [0.25, 0.3) is 0 Å². The molecule has 1 amide bonds. The zero-order chi connectivity index (χ0) is 17.8. The Morgan fingerprint density at radius 2 is 1.76 bits per heavy atom. The number of carbonyl (C=O) groups excluding carboxylic acids is 1. The van der Waals surface area contributed by atoms with E-state index in [4.69, 9.17) is 23.2 Å². The van der Waals surface area contributed by atoms with Crippen LogP contribution in [0.1, 0.15) is 10.5 Å². The minimum atomic E-state index is -0.358. The number of amides is 1. The van der Waals surface area contributed by atoms with Crippen LogP contribution in [0.2, 0.25) is 10.0 Å². The normalized spacial score (nSPS) is 10.4. The number of rotatable bonds is 4. The highest BCUT2D eigenvalue weighted by atomic mass is 35.5. The number of aromatic nitrogens is 2. The van der Waals surface area contributed by atoms with Crippen molar-refractivity contribution in [2.45, 2.75) is 0 Å². The summed E-state index contributed by atoms with van der Waals surface area (Å²) in [5.74, 6) is 0.254. The van der Waals surface area contributed by atoms with Crippen LogP contribution >= 0.6 is 23.2 Å². The SMILES string of the molecule is CN(c1ccccc1)c1cc(C(=O)Nc2ccc(Cl)c(Cl)c2)ncn1. The van der Waals surface area contributed by atoms with Crippen LogP contribution in [-0.2, 0) is 0 Å². The minimum Gasteiger partial charge on any atom is -0.329 e. The average molecular weight is 373 g/mol. The minimum absolute atomic E-state index is 0.249. The van der Waals surface area contributed by atoms with Crippen LogP contribution in [-0.4, -0.2) is 22.9 Å². The molecule has 0 aliphatic rings. The van der Waals surface area contributed by atoms with Crippen molar-refractivity contribution in [2.75, 3.05) is 17.3 Å². The molecule has 2 aromatic carbocycles. The lowest BCUT2D eigenvalue weighted by Gasteiger charge is -2.18. The zero-order valence-corrected chi connectivity index (χ0v) is 14.8. The van der Waals surface area contributed by atoms with Gasteiger partial charge in [0.25, 0.3) is 5.91 Å². The number of halogens is 2. The van der Waals surface area contributed by atoms with E-state index in [9.17, 15) is 4.79 Å². The Labute approximate surface area is 155 Å². The smallest absolute Gasteiger partial charge is 0.274 e. The first-order valence-corrected chi connectivity index (χ1v) is 8.17. The molecule has 3 rings (SSSR count). The predicted octanol–water partition coefficient (Wildman–Crippen LogP) is 4.80. The maximum Gasteiger partial charge on any atom is 0.274 e. The van der Waals surface area contributed by atoms with Crippen LogP contribution in [0.5, 0.6) is 0 Å². The Hall–Kier alpha value is -2.63. The number of hydrogen-bond donors (Lipinski definition) is 1. The summed E-state index contributed by atoms with van der Waals surface area (Å²) >= 11 is 11.8. The summed E-state index contributed by atoms with van der Waals surface area (Å²) in [5, 5.41) is 3.53. The highest BCUT2D eigenvalue weighted by molar-refractivity contribution is 6.42. The lowest BCUT2D eigenvalue weighted by atomic mass is 10.2. The van der Waals surface area contributed by atoms with Crippen LogP contribution in [0.15, 0.2) is 60.9 Å². The topological polar surface area (TPSA) is 58.1 Å². The van der Waals surface area contributed by atoms with Crippen LogP contribution in [0, 0.1) is 0 Å². The molecule has 0 bridgehead atoms. The van der Waals surface area contributed by atoms with Crippen LogP contribution in [0.3, 0.4) is 0 Å². The first-order valence-electron chi connectivity index (χ1n) is 7.42. The van der Waals surface area contributed by atoms with E-state index in [-0.39, 0.29) is 11.6 Å². The fourth-order valence-corrected chi connectivity index (χ4v) is 2.51. The van der Waals surface area contributed by atoms with Gasteiger partial charge in [0.2, 0.25) is 0 Å². The molecule has 0 saturated heterocycles. The molecule has 25 heavy (non-hydrogen) atoms. The van der Waals surface area contributed by atoms with Crippen LogP contribution < -0.4 is 10.2 Å². The molecule has 0 saturated carbocycles. The largest absolute Gasteiger partial charge is 0.329 e. The summed E-state index contributed by atoms with van der Waals surface area (Å²) in [4.78, 5) is 22.6. The maximum atomic E-state index is 12.4. The van der Waals surface area contributed by atoms with Crippen molar-refractivity contribution in [3.05, 3.63) is 76.7 Å². The molecule has 0 aliphatic carbocycles. The molecule has 5 nitrogen and oxygen atoms in total. The van der Waals surface area contributed by atoms with Crippen molar-refractivity contribution >= 4 is 46.3 Å². The number of para-hydroxylation sites is 1. The van der Waals surface area contributed by atoms with E-state index in [0.717, 1.165) is 5.69 Å². The summed E-state index contributed by atoms with van der Waals surface area (Å²) in [6, 6.07) is 16.2. The molecule has 0 fully saturated rings. The molecule has 1 heterocycles. The Morgan fingerprint density at radius 3 is 2.48 bits per heavy atom. The molecule has 0 aliphatic heterocycles. The van der Waals surface area contributed by atoms with Gasteiger partial charge in [-0.25, -0.2) is 9.97 Å². The third-order valence-electron chi connectivity index (χ3n) is 3.55. The summed E-state index contributed by atoms with van der Waals surface area (Å²) in [6.45, 7) is 0. The lowest BCUT2D eigenvalue weighted by molar-refractivity contribution is 0.102. The van der Waals surface area contributed by atoms with Crippen molar-refractivity contribution in [3.8, 4) is 0 Å². The lowest BCUT2D eigenvalue weighted by Crippen LogP contribution is -2.17. The molecule has 0 unspecified atom stereocenters. The third kappa shape index (κ3) is 4.07. The van der Waals surface area contributed by atoms with Gasteiger partial charge in [0, 0.05) is 24.5 Å². The van der Waals surface area contributed by atoms with E-state index in [2.05, 4.69) is 15.3 Å². The standard InChI is InChI=1S/C18H14Cl2N4O/c1-24(13-5-3-2-4-6-13)17-10-16(21-11-22-17)18(25)23-12-7-8-14(19)15(20)9-12/h2-11H,1H3,(H,23,25). The predicted molar refractivity (Wildman–Crippen MR) is 101 cm³/mol. The van der Waals surface area contributed by atoms with Gasteiger partial charge in [-0.3, -0.25) is 4.79 Å². The van der Waals surface area contributed by atoms with E-state index in [1.807, 2.05) is 42.3 Å². The van der Waals surface area contributed by atoms with Gasteiger partial charge in [-0.1, -0.05) is 41.4 Å². The Morgan fingerprint density at radius 1 is 1.00 bits per heavy atom. The number of hydrogen-bond acceptors (Lipinski definition) is 4. The first-order chi connectivity index (χ1) is 12.0. The molecule has 0 radical (unpaired) electrons. The van der Waals surface area contributed by atoms with Gasteiger partial charge < -0.3 is 10.2 Å². The molecule has 1 aromatic heterocycles. The highest BCUT2D eigenvalue weighted by Crippen LogP contribution is 2.25. The first kappa shape index (κ1) is 17.2. The van der Waals surface area contributed by atoms with Gasteiger partial charge in [-0.2, -0.15) is 0 Å². The van der Waals surface area contributed by atoms with Gasteiger partial charge in [-0.15, -0.1) is 0 Å². The fourth-order valence-electron chi connectivity index (χ4n) is 2.21. The molecule has 0 spiro atoms. The van der Waals surface area contributed by atoms with Crippen LogP contribution in [0.4, 0.5) is 17.2 Å². The Balaban J connectivity index is 1.81.